The molecule has 3 rings (SSSR count). The Balaban J connectivity index is 1.49. The van der Waals surface area contributed by atoms with Gasteiger partial charge in [0.1, 0.15) is 26.2 Å². The standard InChI is InChI=1S/C18H21BrN4O/c1-14-12-15(5-6-16(14)19)21-18(24)13-22-8-10-23(11-9-22)17-4-2-3-7-20-17/h2-7,12H,8-11,13H2,1H3,(H,21,24)/p+2. The smallest absolute Gasteiger partial charge is 0.279 e. The second kappa shape index (κ2) is 7.77. The molecule has 0 bridgehead atoms. The molecule has 1 aromatic carbocycles. The number of aromatic nitrogens is 1. The molecule has 3 N–H and O–H groups in total. The van der Waals surface area contributed by atoms with Gasteiger partial charge in [-0.2, -0.15) is 0 Å². The molecule has 1 aliphatic rings. The number of halogens is 1. The Morgan fingerprint density at radius 3 is 2.75 bits per heavy atom. The summed E-state index contributed by atoms with van der Waals surface area (Å²) in [5.41, 5.74) is 1.98. The van der Waals surface area contributed by atoms with E-state index in [1.807, 2.05) is 43.5 Å². The van der Waals surface area contributed by atoms with Crippen molar-refractivity contribution in [2.45, 2.75) is 6.92 Å². The van der Waals surface area contributed by atoms with Crippen LogP contribution in [-0.2, 0) is 4.79 Å². The molecule has 0 atom stereocenters. The van der Waals surface area contributed by atoms with Crippen molar-refractivity contribution in [3.63, 3.8) is 0 Å². The number of quaternary nitrogens is 1. The van der Waals surface area contributed by atoms with Crippen molar-refractivity contribution in [3.8, 4) is 0 Å². The highest BCUT2D eigenvalue weighted by atomic mass is 79.9. The van der Waals surface area contributed by atoms with Crippen LogP contribution in [0, 0.1) is 6.92 Å². The lowest BCUT2D eigenvalue weighted by Crippen LogP contribution is -3.15. The Labute approximate surface area is 150 Å². The molecule has 1 aromatic heterocycles. The third kappa shape index (κ3) is 4.33. The summed E-state index contributed by atoms with van der Waals surface area (Å²) in [6, 6.07) is 12.0. The summed E-state index contributed by atoms with van der Waals surface area (Å²) in [4.78, 5) is 19.2. The highest BCUT2D eigenvalue weighted by Gasteiger charge is 2.27. The van der Waals surface area contributed by atoms with E-state index in [-0.39, 0.29) is 5.91 Å². The number of piperazine rings is 1. The molecule has 0 spiro atoms. The van der Waals surface area contributed by atoms with Gasteiger partial charge in [0.2, 0.25) is 0 Å². The highest BCUT2D eigenvalue weighted by Crippen LogP contribution is 2.19. The predicted octanol–water partition coefficient (Wildman–Crippen LogP) is 0.915. The molecule has 0 radical (unpaired) electrons. The van der Waals surface area contributed by atoms with Crippen LogP contribution < -0.4 is 20.1 Å². The molecule has 0 unspecified atom stereocenters. The molecule has 6 heteroatoms. The number of carbonyl (C=O) groups is 1. The number of H-pyrrole nitrogens is 1. The fourth-order valence-electron chi connectivity index (χ4n) is 2.98. The summed E-state index contributed by atoms with van der Waals surface area (Å²) in [7, 11) is 0. The van der Waals surface area contributed by atoms with E-state index in [1.54, 1.807) is 0 Å². The fourth-order valence-corrected chi connectivity index (χ4v) is 3.22. The number of hydrogen-bond acceptors (Lipinski definition) is 2. The van der Waals surface area contributed by atoms with Gasteiger partial charge in [-0.1, -0.05) is 22.0 Å². The van der Waals surface area contributed by atoms with Gasteiger partial charge in [0.05, 0.1) is 6.20 Å². The van der Waals surface area contributed by atoms with Crippen molar-refractivity contribution < 1.29 is 14.7 Å². The maximum atomic E-state index is 12.3. The van der Waals surface area contributed by atoms with Crippen LogP contribution in [0.3, 0.4) is 0 Å². The van der Waals surface area contributed by atoms with Crippen LogP contribution in [0.2, 0.25) is 0 Å². The van der Waals surface area contributed by atoms with E-state index in [4.69, 9.17) is 0 Å². The Morgan fingerprint density at radius 2 is 2.08 bits per heavy atom. The van der Waals surface area contributed by atoms with Crippen molar-refractivity contribution in [2.75, 3.05) is 42.9 Å². The molecule has 0 saturated carbocycles. The lowest BCUT2D eigenvalue weighted by atomic mass is 10.2. The second-order valence-corrected chi connectivity index (χ2v) is 7.03. The topological polar surface area (TPSA) is 50.9 Å². The Morgan fingerprint density at radius 1 is 1.29 bits per heavy atom. The minimum Gasteiger partial charge on any atom is -0.321 e. The van der Waals surface area contributed by atoms with Gasteiger partial charge in [-0.25, -0.2) is 4.98 Å². The minimum atomic E-state index is 0.0754. The van der Waals surface area contributed by atoms with Gasteiger partial charge < -0.3 is 10.2 Å². The molecule has 5 nitrogen and oxygen atoms in total. The summed E-state index contributed by atoms with van der Waals surface area (Å²) in [6.45, 7) is 6.39. The summed E-state index contributed by atoms with van der Waals surface area (Å²) in [5, 5.41) is 3.00. The molecule has 126 valence electrons. The lowest BCUT2D eigenvalue weighted by molar-refractivity contribution is -0.892. The van der Waals surface area contributed by atoms with E-state index in [0.29, 0.717) is 6.54 Å². The van der Waals surface area contributed by atoms with Crippen LogP contribution in [0.1, 0.15) is 5.56 Å². The van der Waals surface area contributed by atoms with E-state index < -0.39 is 0 Å². The van der Waals surface area contributed by atoms with E-state index >= 15 is 0 Å². The van der Waals surface area contributed by atoms with Gasteiger partial charge in [0.15, 0.2) is 6.54 Å². The van der Waals surface area contributed by atoms with Gasteiger partial charge in [-0.15, -0.1) is 0 Å². The van der Waals surface area contributed by atoms with Gasteiger partial charge in [0, 0.05) is 16.2 Å². The zero-order chi connectivity index (χ0) is 16.9. The summed E-state index contributed by atoms with van der Waals surface area (Å²) < 4.78 is 1.06. The van der Waals surface area contributed by atoms with Crippen molar-refractivity contribution >= 4 is 33.3 Å². The average Bonchev–Trinajstić information content (AvgIpc) is 2.59. The van der Waals surface area contributed by atoms with Gasteiger partial charge in [-0.3, -0.25) is 9.69 Å². The predicted molar refractivity (Wildman–Crippen MR) is 98.3 cm³/mol. The van der Waals surface area contributed by atoms with Crippen LogP contribution in [0.4, 0.5) is 11.5 Å². The Bertz CT molecular complexity index is 699. The third-order valence-corrected chi connectivity index (χ3v) is 5.25. The minimum absolute atomic E-state index is 0.0754. The quantitative estimate of drug-likeness (QED) is 0.815. The number of nitrogens with one attached hydrogen (secondary N) is 3. The number of pyridine rings is 1. The fraction of sp³-hybridized carbons (Fsp3) is 0.333. The maximum Gasteiger partial charge on any atom is 0.279 e. The molecule has 1 amide bonds. The first-order valence-corrected chi connectivity index (χ1v) is 9.02. The number of benzene rings is 1. The summed E-state index contributed by atoms with van der Waals surface area (Å²) in [5.74, 6) is 1.22. The van der Waals surface area contributed by atoms with E-state index in [0.717, 1.165) is 47.7 Å². The van der Waals surface area contributed by atoms with Gasteiger partial charge in [-0.05, 0) is 36.8 Å². The summed E-state index contributed by atoms with van der Waals surface area (Å²) >= 11 is 3.48. The average molecular weight is 391 g/mol. The SMILES string of the molecule is Cc1cc(NC(=O)C[NH+]2CCN(c3cccc[nH+]3)CC2)ccc1Br. The first-order valence-electron chi connectivity index (χ1n) is 8.23. The molecule has 2 heterocycles. The zero-order valence-corrected chi connectivity index (χ0v) is 15.4. The van der Waals surface area contributed by atoms with E-state index in [2.05, 4.69) is 37.2 Å². The first-order chi connectivity index (χ1) is 11.6. The number of aryl methyl sites for hydroxylation is 1. The number of rotatable bonds is 4. The largest absolute Gasteiger partial charge is 0.321 e. The third-order valence-electron chi connectivity index (χ3n) is 4.36. The second-order valence-electron chi connectivity index (χ2n) is 6.17. The molecular weight excluding hydrogens is 368 g/mol. The number of amides is 1. The van der Waals surface area contributed by atoms with Gasteiger partial charge >= 0.3 is 0 Å². The van der Waals surface area contributed by atoms with E-state index in [1.165, 1.54) is 4.90 Å². The van der Waals surface area contributed by atoms with Crippen LogP contribution in [0.5, 0.6) is 0 Å². The number of carbonyl (C=O) groups excluding carboxylic acids is 1. The first kappa shape index (κ1) is 16.9. The van der Waals surface area contributed by atoms with Crippen molar-refractivity contribution in [3.05, 3.63) is 52.6 Å². The number of anilines is 2. The molecule has 1 saturated heterocycles. The van der Waals surface area contributed by atoms with Crippen molar-refractivity contribution in [1.82, 2.24) is 0 Å². The number of aromatic amines is 1. The Hall–Kier alpha value is -1.92. The Kier molecular flexibility index (Phi) is 5.48. The molecule has 1 fully saturated rings. The maximum absolute atomic E-state index is 12.3. The monoisotopic (exact) mass is 390 g/mol. The van der Waals surface area contributed by atoms with Crippen molar-refractivity contribution in [2.24, 2.45) is 0 Å². The number of hydrogen-bond donors (Lipinski definition) is 2. The van der Waals surface area contributed by atoms with Crippen molar-refractivity contribution in [1.29, 1.82) is 0 Å². The van der Waals surface area contributed by atoms with Crippen LogP contribution in [-0.4, -0.2) is 38.6 Å². The normalized spacial score (nSPS) is 15.3. The van der Waals surface area contributed by atoms with Gasteiger partial charge in [0.25, 0.3) is 11.7 Å². The summed E-state index contributed by atoms with van der Waals surface area (Å²) in [6.07, 6.45) is 1.95. The van der Waals surface area contributed by atoms with Crippen LogP contribution in [0.15, 0.2) is 47.1 Å². The number of nitrogens with zero attached hydrogens (tertiary/aromatic N) is 1. The highest BCUT2D eigenvalue weighted by molar-refractivity contribution is 9.10. The lowest BCUT2D eigenvalue weighted by Gasteiger charge is -2.27. The molecule has 24 heavy (non-hydrogen) atoms. The molecular formula is C18H23BrN4O+2. The van der Waals surface area contributed by atoms with Crippen LogP contribution >= 0.6 is 15.9 Å². The molecule has 0 aliphatic carbocycles. The zero-order valence-electron chi connectivity index (χ0n) is 13.8. The molecule has 2 aromatic rings. The molecule has 1 aliphatic heterocycles. The van der Waals surface area contributed by atoms with Crippen LogP contribution in [0.25, 0.3) is 0 Å². The van der Waals surface area contributed by atoms with E-state index in [9.17, 15) is 4.79 Å².